The summed E-state index contributed by atoms with van der Waals surface area (Å²) in [6.07, 6.45) is 12.2. The summed E-state index contributed by atoms with van der Waals surface area (Å²) >= 11 is 0. The molecule has 0 aromatic carbocycles. The summed E-state index contributed by atoms with van der Waals surface area (Å²) in [5, 5.41) is 0. The van der Waals surface area contributed by atoms with Crippen LogP contribution in [0.2, 0.25) is 0 Å². The summed E-state index contributed by atoms with van der Waals surface area (Å²) < 4.78 is 2.31. The van der Waals surface area contributed by atoms with Gasteiger partial charge in [0.25, 0.3) is 0 Å². The van der Waals surface area contributed by atoms with Crippen molar-refractivity contribution in [2.75, 3.05) is 13.1 Å². The molecule has 0 N–H and O–H groups in total. The van der Waals surface area contributed by atoms with Crippen LogP contribution < -0.4 is 0 Å². The lowest BCUT2D eigenvalue weighted by molar-refractivity contribution is 0.379. The van der Waals surface area contributed by atoms with Crippen molar-refractivity contribution in [2.24, 2.45) is 0 Å². The minimum Gasteiger partial charge on any atom is -0.287 e. The summed E-state index contributed by atoms with van der Waals surface area (Å²) in [6.45, 7) is 2.56. The Morgan fingerprint density at radius 1 is 1.00 bits per heavy atom. The van der Waals surface area contributed by atoms with E-state index in [-0.39, 0.29) is 0 Å². The van der Waals surface area contributed by atoms with E-state index in [0.717, 1.165) is 0 Å². The highest BCUT2D eigenvalue weighted by Crippen LogP contribution is 2.11. The van der Waals surface area contributed by atoms with Crippen LogP contribution in [0.4, 0.5) is 0 Å². The number of terminal acetylenes is 1. The third-order valence-electron chi connectivity index (χ3n) is 1.39. The molecule has 0 spiro atoms. The highest BCUT2D eigenvalue weighted by atomic mass is 31.0. The van der Waals surface area contributed by atoms with Crippen LogP contribution in [0.1, 0.15) is 19.3 Å². The molecule has 0 saturated carbocycles. The number of nitrogens with zero attached hydrogens (tertiary/aromatic N) is 1. The van der Waals surface area contributed by atoms with Crippen LogP contribution in [0.5, 0.6) is 0 Å². The molecule has 0 bridgehead atoms. The second-order valence-electron chi connectivity index (χ2n) is 2.10. The molecule has 1 atom stereocenters. The van der Waals surface area contributed by atoms with Crippen LogP contribution in [-0.2, 0) is 0 Å². The largest absolute Gasteiger partial charge is 0.287 e. The lowest BCUT2D eigenvalue weighted by Crippen LogP contribution is -2.18. The van der Waals surface area contributed by atoms with Gasteiger partial charge >= 0.3 is 0 Å². The number of piperidine rings is 1. The molecule has 0 radical (unpaired) electrons. The molecular weight excluding hydrogens is 129 g/mol. The Labute approximate surface area is 60.1 Å². The lowest BCUT2D eigenvalue weighted by atomic mass is 10.2. The van der Waals surface area contributed by atoms with Gasteiger partial charge < -0.3 is 0 Å². The Kier molecular flexibility index (Phi) is 6.04. The Morgan fingerprint density at radius 3 is 1.67 bits per heavy atom. The molecule has 0 aromatic rings. The third-order valence-corrected chi connectivity index (χ3v) is 1.91. The Hall–Kier alpha value is -0.0500. The van der Waals surface area contributed by atoms with Crippen LogP contribution in [-0.4, -0.2) is 17.8 Å². The molecule has 1 rings (SSSR count). The average molecular weight is 143 g/mol. The Balaban J connectivity index is 0.000000291. The van der Waals surface area contributed by atoms with Gasteiger partial charge in [0.1, 0.15) is 0 Å². The Morgan fingerprint density at radius 2 is 1.44 bits per heavy atom. The maximum atomic E-state index is 4.00. The predicted molar refractivity (Wildman–Crippen MR) is 45.0 cm³/mol. The molecule has 1 heterocycles. The molecule has 0 aromatic heterocycles. The molecular formula is C7H14NP. The normalized spacial score (nSPS) is 19.9. The molecule has 0 aliphatic carbocycles. The van der Waals surface area contributed by atoms with Crippen LogP contribution in [0.3, 0.4) is 0 Å². The van der Waals surface area contributed by atoms with Crippen molar-refractivity contribution in [1.82, 2.24) is 4.67 Å². The van der Waals surface area contributed by atoms with Gasteiger partial charge in [-0.2, -0.15) is 0 Å². The first-order chi connectivity index (χ1) is 4.39. The first-order valence-electron chi connectivity index (χ1n) is 3.22. The van der Waals surface area contributed by atoms with Gasteiger partial charge in [0.15, 0.2) is 0 Å². The molecule has 1 unspecified atom stereocenters. The highest BCUT2D eigenvalue weighted by molar-refractivity contribution is 7.13. The average Bonchev–Trinajstić information content (AvgIpc) is 1.94. The smallest absolute Gasteiger partial charge is 0.00161 e. The SMILES string of the molecule is C#C.PN1CCCCC1. The van der Waals surface area contributed by atoms with Gasteiger partial charge in [0.2, 0.25) is 0 Å². The molecule has 0 amide bonds. The molecule has 52 valence electrons. The first kappa shape index (κ1) is 8.95. The van der Waals surface area contributed by atoms with Crippen LogP contribution >= 0.6 is 9.39 Å². The highest BCUT2D eigenvalue weighted by Gasteiger charge is 2.02. The summed E-state index contributed by atoms with van der Waals surface area (Å²) in [4.78, 5) is 0. The van der Waals surface area contributed by atoms with Gasteiger partial charge in [-0.25, -0.2) is 0 Å². The maximum Gasteiger partial charge on any atom is 0.00161 e. The van der Waals surface area contributed by atoms with Crippen LogP contribution in [0.25, 0.3) is 0 Å². The minimum atomic E-state index is 1.28. The predicted octanol–water partition coefficient (Wildman–Crippen LogP) is 1.51. The molecule has 2 heteroatoms. The van der Waals surface area contributed by atoms with E-state index >= 15 is 0 Å². The van der Waals surface area contributed by atoms with E-state index in [1.54, 1.807) is 0 Å². The van der Waals surface area contributed by atoms with Crippen molar-refractivity contribution in [3.8, 4) is 12.8 Å². The van der Waals surface area contributed by atoms with Crippen molar-refractivity contribution in [2.45, 2.75) is 19.3 Å². The second kappa shape index (κ2) is 6.08. The van der Waals surface area contributed by atoms with Crippen molar-refractivity contribution in [3.63, 3.8) is 0 Å². The van der Waals surface area contributed by atoms with Gasteiger partial charge in [0, 0.05) is 13.1 Å². The fourth-order valence-electron chi connectivity index (χ4n) is 0.918. The van der Waals surface area contributed by atoms with Crippen molar-refractivity contribution in [3.05, 3.63) is 0 Å². The van der Waals surface area contributed by atoms with Gasteiger partial charge in [-0.1, -0.05) is 15.8 Å². The number of hydrogen-bond donors (Lipinski definition) is 0. The zero-order valence-corrected chi connectivity index (χ0v) is 6.87. The lowest BCUT2D eigenvalue weighted by Gasteiger charge is -2.20. The first-order valence-corrected chi connectivity index (χ1v) is 3.74. The number of hydrogen-bond acceptors (Lipinski definition) is 1. The fourth-order valence-corrected chi connectivity index (χ4v) is 1.28. The van der Waals surface area contributed by atoms with Gasteiger partial charge in [-0.05, 0) is 12.8 Å². The van der Waals surface area contributed by atoms with E-state index in [1.807, 2.05) is 0 Å². The molecule has 1 aliphatic heterocycles. The number of rotatable bonds is 0. The van der Waals surface area contributed by atoms with E-state index in [0.29, 0.717) is 0 Å². The van der Waals surface area contributed by atoms with E-state index in [9.17, 15) is 0 Å². The molecule has 9 heavy (non-hydrogen) atoms. The van der Waals surface area contributed by atoms with Crippen LogP contribution in [0.15, 0.2) is 0 Å². The molecule has 1 nitrogen and oxygen atoms in total. The summed E-state index contributed by atoms with van der Waals surface area (Å²) in [5.41, 5.74) is 0. The van der Waals surface area contributed by atoms with E-state index in [4.69, 9.17) is 0 Å². The van der Waals surface area contributed by atoms with Gasteiger partial charge in [-0.3, -0.25) is 4.67 Å². The summed E-state index contributed by atoms with van der Waals surface area (Å²) in [5.74, 6) is 0. The third kappa shape index (κ3) is 4.45. The monoisotopic (exact) mass is 143 g/mol. The summed E-state index contributed by atoms with van der Waals surface area (Å²) in [6, 6.07) is 0. The topological polar surface area (TPSA) is 3.24 Å². The Bertz CT molecular complexity index is 74.2. The van der Waals surface area contributed by atoms with E-state index < -0.39 is 0 Å². The maximum absolute atomic E-state index is 4.00. The standard InChI is InChI=1S/C5H12NP.C2H2/c7-6-4-2-1-3-5-6;1-2/h1-5,7H2;1-2H. The zero-order chi connectivity index (χ0) is 7.11. The molecule has 1 saturated heterocycles. The molecule has 1 fully saturated rings. The quantitative estimate of drug-likeness (QED) is 0.367. The second-order valence-corrected chi connectivity index (χ2v) is 2.83. The van der Waals surface area contributed by atoms with Crippen LogP contribution in [0, 0.1) is 12.8 Å². The van der Waals surface area contributed by atoms with E-state index in [2.05, 4.69) is 26.9 Å². The van der Waals surface area contributed by atoms with Crippen molar-refractivity contribution < 1.29 is 0 Å². The minimum absolute atomic E-state index is 1.28. The summed E-state index contributed by atoms with van der Waals surface area (Å²) in [7, 11) is 2.74. The van der Waals surface area contributed by atoms with Gasteiger partial charge in [0.05, 0.1) is 0 Å². The van der Waals surface area contributed by atoms with Crippen molar-refractivity contribution >= 4 is 9.39 Å². The fraction of sp³-hybridized carbons (Fsp3) is 0.714. The van der Waals surface area contributed by atoms with Crippen molar-refractivity contribution in [1.29, 1.82) is 0 Å². The van der Waals surface area contributed by atoms with E-state index in [1.165, 1.54) is 32.4 Å². The van der Waals surface area contributed by atoms with Gasteiger partial charge in [-0.15, -0.1) is 12.8 Å². The zero-order valence-electron chi connectivity index (χ0n) is 5.71. The molecule has 1 aliphatic rings.